The van der Waals surface area contributed by atoms with Crippen LogP contribution in [0.5, 0.6) is 0 Å². The first-order valence-corrected chi connectivity index (χ1v) is 17.8. The van der Waals surface area contributed by atoms with Crippen molar-refractivity contribution in [2.75, 3.05) is 4.90 Å². The fourth-order valence-electron chi connectivity index (χ4n) is 8.78. The van der Waals surface area contributed by atoms with E-state index in [0.717, 1.165) is 0 Å². The lowest BCUT2D eigenvalue weighted by atomic mass is 9.82. The van der Waals surface area contributed by atoms with Crippen LogP contribution in [0.25, 0.3) is 53.2 Å². The van der Waals surface area contributed by atoms with Gasteiger partial charge in [0, 0.05) is 47.9 Å². The van der Waals surface area contributed by atoms with Crippen LogP contribution in [0.15, 0.2) is 140 Å². The number of hydrogen-bond acceptors (Lipinski definition) is 2. The van der Waals surface area contributed by atoms with Crippen LogP contribution in [-0.4, -0.2) is 0 Å². The maximum absolute atomic E-state index is 2.52. The standard InChI is InChI=1S/C46H35NS/c1-45(2)38-16-9-6-14-35(38)44-39(45)17-11-18-41(44)47(31-22-23-33-32-12-5-8-15-37(32)46(3,4)40(33)27-31)30-21-20-28-25-36-34-13-7-10-19-42(34)48-43(36)26-29(28)24-30/h5-27H,1-4H3. The van der Waals surface area contributed by atoms with Gasteiger partial charge in [-0.15, -0.1) is 11.3 Å². The van der Waals surface area contributed by atoms with Gasteiger partial charge >= 0.3 is 0 Å². The lowest BCUT2D eigenvalue weighted by molar-refractivity contribution is 0.660. The van der Waals surface area contributed by atoms with E-state index in [9.17, 15) is 0 Å². The molecule has 2 aliphatic rings. The van der Waals surface area contributed by atoms with Crippen LogP contribution in [0.1, 0.15) is 49.9 Å². The monoisotopic (exact) mass is 633 g/mol. The minimum Gasteiger partial charge on any atom is -0.310 e. The molecule has 0 fully saturated rings. The zero-order chi connectivity index (χ0) is 32.4. The summed E-state index contributed by atoms with van der Waals surface area (Å²) in [4.78, 5) is 2.52. The van der Waals surface area contributed by atoms with E-state index in [0.29, 0.717) is 0 Å². The summed E-state index contributed by atoms with van der Waals surface area (Å²) in [5.74, 6) is 0. The topological polar surface area (TPSA) is 3.24 Å². The Hall–Kier alpha value is -5.18. The number of thiophene rings is 1. The number of rotatable bonds is 3. The van der Waals surface area contributed by atoms with E-state index in [1.165, 1.54) is 92.5 Å². The predicted molar refractivity (Wildman–Crippen MR) is 207 cm³/mol. The maximum Gasteiger partial charge on any atom is 0.0543 e. The molecule has 2 heteroatoms. The number of nitrogens with zero attached hydrogens (tertiary/aromatic N) is 1. The fourth-order valence-corrected chi connectivity index (χ4v) is 9.91. The van der Waals surface area contributed by atoms with Gasteiger partial charge in [-0.25, -0.2) is 0 Å². The molecular weight excluding hydrogens is 599 g/mol. The molecule has 1 heterocycles. The van der Waals surface area contributed by atoms with Gasteiger partial charge < -0.3 is 4.90 Å². The molecule has 10 rings (SSSR count). The van der Waals surface area contributed by atoms with E-state index in [1.54, 1.807) is 0 Å². The van der Waals surface area contributed by atoms with Crippen LogP contribution in [0.2, 0.25) is 0 Å². The molecule has 230 valence electrons. The van der Waals surface area contributed by atoms with Crippen molar-refractivity contribution in [2.45, 2.75) is 38.5 Å². The Kier molecular flexibility index (Phi) is 5.63. The van der Waals surface area contributed by atoms with Crippen LogP contribution in [0, 0.1) is 0 Å². The minimum absolute atomic E-state index is 0.0780. The van der Waals surface area contributed by atoms with Crippen molar-refractivity contribution in [3.8, 4) is 22.3 Å². The summed E-state index contributed by atoms with van der Waals surface area (Å²) in [6.07, 6.45) is 0. The Balaban J connectivity index is 1.23. The Morgan fingerprint density at radius 2 is 1.08 bits per heavy atom. The lowest BCUT2D eigenvalue weighted by Gasteiger charge is -2.30. The zero-order valence-corrected chi connectivity index (χ0v) is 28.5. The van der Waals surface area contributed by atoms with Gasteiger partial charge in [-0.1, -0.05) is 119 Å². The normalized spacial score (nSPS) is 15.0. The lowest BCUT2D eigenvalue weighted by Crippen LogP contribution is -2.17. The Bertz CT molecular complexity index is 2630. The second-order valence-corrected chi connectivity index (χ2v) is 15.7. The molecule has 0 aliphatic heterocycles. The van der Waals surface area contributed by atoms with Gasteiger partial charge in [0.2, 0.25) is 0 Å². The largest absolute Gasteiger partial charge is 0.310 e. The molecule has 2 aliphatic carbocycles. The van der Waals surface area contributed by atoms with Crippen LogP contribution in [-0.2, 0) is 10.8 Å². The molecule has 0 saturated carbocycles. The van der Waals surface area contributed by atoms with Crippen molar-refractivity contribution in [3.05, 3.63) is 162 Å². The fraction of sp³-hybridized carbons (Fsp3) is 0.130. The van der Waals surface area contributed by atoms with Crippen LogP contribution >= 0.6 is 11.3 Å². The van der Waals surface area contributed by atoms with Crippen molar-refractivity contribution < 1.29 is 0 Å². The molecule has 0 spiro atoms. The highest BCUT2D eigenvalue weighted by Crippen LogP contribution is 2.56. The highest BCUT2D eigenvalue weighted by Gasteiger charge is 2.39. The van der Waals surface area contributed by atoms with Crippen molar-refractivity contribution in [1.82, 2.24) is 0 Å². The number of hydrogen-bond donors (Lipinski definition) is 0. The highest BCUT2D eigenvalue weighted by molar-refractivity contribution is 7.25. The van der Waals surface area contributed by atoms with E-state index in [1.807, 2.05) is 11.3 Å². The van der Waals surface area contributed by atoms with Gasteiger partial charge in [0.05, 0.1) is 5.69 Å². The van der Waals surface area contributed by atoms with Crippen LogP contribution < -0.4 is 4.90 Å². The summed E-state index contributed by atoms with van der Waals surface area (Å²) in [6, 6.07) is 52.6. The van der Waals surface area contributed by atoms with E-state index in [2.05, 4.69) is 172 Å². The van der Waals surface area contributed by atoms with Crippen LogP contribution in [0.4, 0.5) is 17.1 Å². The van der Waals surface area contributed by atoms with Gasteiger partial charge in [-0.05, 0) is 98.2 Å². The predicted octanol–water partition coefficient (Wildman–Crippen LogP) is 13.3. The molecule has 1 nitrogen and oxygen atoms in total. The number of fused-ring (bicyclic) bond motifs is 10. The first kappa shape index (κ1) is 27.9. The first-order valence-electron chi connectivity index (χ1n) is 16.9. The Labute approximate surface area is 285 Å². The molecule has 1 aromatic heterocycles. The second-order valence-electron chi connectivity index (χ2n) is 14.6. The quantitative estimate of drug-likeness (QED) is 0.187. The van der Waals surface area contributed by atoms with Gasteiger partial charge in [0.25, 0.3) is 0 Å². The average molecular weight is 634 g/mol. The second kappa shape index (κ2) is 9.69. The summed E-state index contributed by atoms with van der Waals surface area (Å²) in [6.45, 7) is 9.48. The summed E-state index contributed by atoms with van der Waals surface area (Å²) in [7, 11) is 0. The molecule has 48 heavy (non-hydrogen) atoms. The Morgan fingerprint density at radius 1 is 0.438 bits per heavy atom. The third kappa shape index (κ3) is 3.72. The SMILES string of the molecule is CC1(C)c2ccccc2-c2ccc(N(c3ccc4cc5c(cc4c3)sc3ccccc35)c3cccc4c3-c3ccccc3C4(C)C)cc21. The highest BCUT2D eigenvalue weighted by atomic mass is 32.1. The van der Waals surface area contributed by atoms with E-state index in [4.69, 9.17) is 0 Å². The average Bonchev–Trinajstić information content (AvgIpc) is 3.67. The van der Waals surface area contributed by atoms with E-state index >= 15 is 0 Å². The molecular formula is C46H35NS. The van der Waals surface area contributed by atoms with Gasteiger partial charge in [0.1, 0.15) is 0 Å². The summed E-state index contributed by atoms with van der Waals surface area (Å²) >= 11 is 1.89. The molecule has 0 N–H and O–H groups in total. The summed E-state index contributed by atoms with van der Waals surface area (Å²) < 4.78 is 2.67. The van der Waals surface area contributed by atoms with Gasteiger partial charge in [-0.2, -0.15) is 0 Å². The summed E-state index contributed by atoms with van der Waals surface area (Å²) in [5.41, 5.74) is 14.3. The third-order valence-electron chi connectivity index (χ3n) is 11.2. The van der Waals surface area contributed by atoms with Gasteiger partial charge in [0.15, 0.2) is 0 Å². The van der Waals surface area contributed by atoms with Crippen molar-refractivity contribution in [1.29, 1.82) is 0 Å². The molecule has 0 bridgehead atoms. The number of benzene rings is 7. The molecule has 7 aromatic carbocycles. The van der Waals surface area contributed by atoms with Gasteiger partial charge in [-0.3, -0.25) is 0 Å². The van der Waals surface area contributed by atoms with Crippen molar-refractivity contribution in [2.24, 2.45) is 0 Å². The third-order valence-corrected chi connectivity index (χ3v) is 12.4. The zero-order valence-electron chi connectivity index (χ0n) is 27.6. The van der Waals surface area contributed by atoms with E-state index < -0.39 is 0 Å². The molecule has 0 unspecified atom stereocenters. The smallest absolute Gasteiger partial charge is 0.0543 e. The summed E-state index contributed by atoms with van der Waals surface area (Å²) in [5, 5.41) is 5.21. The van der Waals surface area contributed by atoms with E-state index in [-0.39, 0.29) is 10.8 Å². The number of anilines is 3. The first-order chi connectivity index (χ1) is 23.3. The van der Waals surface area contributed by atoms with Crippen molar-refractivity contribution in [3.63, 3.8) is 0 Å². The molecule has 0 saturated heterocycles. The van der Waals surface area contributed by atoms with Crippen LogP contribution in [0.3, 0.4) is 0 Å². The Morgan fingerprint density at radius 3 is 1.94 bits per heavy atom. The minimum atomic E-state index is -0.0863. The molecule has 8 aromatic rings. The van der Waals surface area contributed by atoms with Crippen molar-refractivity contribution >= 4 is 59.3 Å². The molecule has 0 amide bonds. The molecule has 0 radical (unpaired) electrons. The maximum atomic E-state index is 2.52. The molecule has 0 atom stereocenters.